The van der Waals surface area contributed by atoms with Crippen molar-refractivity contribution < 1.29 is 4.79 Å². The van der Waals surface area contributed by atoms with Gasteiger partial charge >= 0.3 is 0 Å². The molecule has 2 atom stereocenters. The number of hydrogen-bond donors (Lipinski definition) is 0. The van der Waals surface area contributed by atoms with E-state index in [4.69, 9.17) is 0 Å². The maximum Gasteiger partial charge on any atom is 0.230 e. The number of aryl methyl sites for hydroxylation is 1. The lowest BCUT2D eigenvalue weighted by atomic mass is 9.89. The van der Waals surface area contributed by atoms with E-state index in [1.807, 2.05) is 0 Å². The Morgan fingerprint density at radius 2 is 2.05 bits per heavy atom. The Balaban J connectivity index is 1.78. The van der Waals surface area contributed by atoms with Crippen molar-refractivity contribution in [2.24, 2.45) is 5.92 Å². The van der Waals surface area contributed by atoms with Crippen molar-refractivity contribution in [2.75, 3.05) is 25.0 Å². The van der Waals surface area contributed by atoms with Gasteiger partial charge in [-0.1, -0.05) is 17.7 Å². The number of rotatable bonds is 1. The number of amides is 1. The summed E-state index contributed by atoms with van der Waals surface area (Å²) >= 11 is 0. The Hall–Kier alpha value is -1.35. The van der Waals surface area contributed by atoms with Gasteiger partial charge in [-0.2, -0.15) is 0 Å². The molecule has 1 aliphatic carbocycles. The molecular formula is C17H22N2O. The zero-order valence-electron chi connectivity index (χ0n) is 12.3. The number of likely N-dealkylation sites (tertiary alicyclic amines) is 1. The summed E-state index contributed by atoms with van der Waals surface area (Å²) in [5, 5.41) is 0. The third kappa shape index (κ3) is 1.80. The van der Waals surface area contributed by atoms with E-state index in [9.17, 15) is 4.79 Å². The number of benzene rings is 1. The van der Waals surface area contributed by atoms with E-state index in [1.165, 1.54) is 16.8 Å². The fourth-order valence-electron chi connectivity index (χ4n) is 3.90. The lowest BCUT2D eigenvalue weighted by Crippen LogP contribution is -2.47. The molecule has 1 amide bonds. The van der Waals surface area contributed by atoms with Crippen LogP contribution in [0.25, 0.3) is 0 Å². The van der Waals surface area contributed by atoms with E-state index >= 15 is 0 Å². The minimum absolute atomic E-state index is 0.308. The second-order valence-corrected chi connectivity index (χ2v) is 6.77. The molecule has 1 saturated carbocycles. The van der Waals surface area contributed by atoms with Gasteiger partial charge < -0.3 is 9.80 Å². The largest absolute Gasteiger partial charge is 0.308 e. The Morgan fingerprint density at radius 1 is 1.25 bits per heavy atom. The van der Waals surface area contributed by atoms with Gasteiger partial charge in [0.1, 0.15) is 0 Å². The average Bonchev–Trinajstić information content (AvgIpc) is 3.22. The normalized spacial score (nSPS) is 29.2. The van der Waals surface area contributed by atoms with Gasteiger partial charge in [-0.25, -0.2) is 0 Å². The highest BCUT2D eigenvalue weighted by Crippen LogP contribution is 2.47. The van der Waals surface area contributed by atoms with Crippen LogP contribution in [0.15, 0.2) is 18.2 Å². The van der Waals surface area contributed by atoms with E-state index in [-0.39, 0.29) is 0 Å². The number of piperidine rings is 1. The van der Waals surface area contributed by atoms with Crippen molar-refractivity contribution in [3.63, 3.8) is 0 Å². The molecule has 1 aromatic carbocycles. The van der Waals surface area contributed by atoms with Crippen LogP contribution >= 0.6 is 0 Å². The number of carbonyl (C=O) groups is 1. The molecule has 106 valence electrons. The van der Waals surface area contributed by atoms with Gasteiger partial charge in [0.25, 0.3) is 0 Å². The number of nitrogens with zero attached hydrogens (tertiary/aromatic N) is 2. The number of hydrogen-bond acceptors (Lipinski definition) is 2. The maximum atomic E-state index is 12.7. The highest BCUT2D eigenvalue weighted by atomic mass is 16.2. The highest BCUT2D eigenvalue weighted by molar-refractivity contribution is 5.99. The van der Waals surface area contributed by atoms with Crippen molar-refractivity contribution in [3.05, 3.63) is 29.3 Å². The first-order valence-corrected chi connectivity index (χ1v) is 7.77. The number of anilines is 1. The summed E-state index contributed by atoms with van der Waals surface area (Å²) < 4.78 is 0. The van der Waals surface area contributed by atoms with Crippen LogP contribution in [-0.2, 0) is 4.79 Å². The minimum Gasteiger partial charge on any atom is -0.308 e. The first kappa shape index (κ1) is 12.4. The van der Waals surface area contributed by atoms with Crippen LogP contribution in [0, 0.1) is 12.8 Å². The molecule has 0 aromatic heterocycles. The van der Waals surface area contributed by atoms with Crippen LogP contribution in [0.1, 0.15) is 36.3 Å². The molecule has 2 heterocycles. The number of fused-ring (bicyclic) bond motifs is 3. The summed E-state index contributed by atoms with van der Waals surface area (Å²) in [6.45, 7) is 4.32. The summed E-state index contributed by atoms with van der Waals surface area (Å²) in [4.78, 5) is 17.3. The fraction of sp³-hybridized carbons (Fsp3) is 0.588. The van der Waals surface area contributed by atoms with Crippen LogP contribution in [0.4, 0.5) is 5.69 Å². The van der Waals surface area contributed by atoms with E-state index in [2.05, 4.69) is 42.0 Å². The first-order chi connectivity index (χ1) is 9.65. The van der Waals surface area contributed by atoms with E-state index < -0.39 is 0 Å². The molecule has 0 bridgehead atoms. The van der Waals surface area contributed by atoms with Gasteiger partial charge in [-0.05, 0) is 51.4 Å². The molecule has 0 N–H and O–H groups in total. The Kier molecular flexibility index (Phi) is 2.68. The second kappa shape index (κ2) is 4.32. The molecule has 1 aromatic rings. The molecule has 20 heavy (non-hydrogen) atoms. The van der Waals surface area contributed by atoms with Crippen LogP contribution in [0.3, 0.4) is 0 Å². The Labute approximate surface area is 120 Å². The third-order valence-corrected chi connectivity index (χ3v) is 5.12. The standard InChI is InChI=1S/C17H22N2O/c1-11-3-6-15-13(9-11)14-10-18(2)8-7-16(14)19(15)17(20)12-4-5-12/h3,6,9,12,14,16H,4-5,7-8,10H2,1-2H3/t14-,16+/m1/s1. The lowest BCUT2D eigenvalue weighted by Gasteiger charge is -2.36. The quantitative estimate of drug-likeness (QED) is 0.783. The molecule has 3 aliphatic rings. The van der Waals surface area contributed by atoms with E-state index in [0.29, 0.717) is 23.8 Å². The van der Waals surface area contributed by atoms with Crippen molar-refractivity contribution in [1.29, 1.82) is 0 Å². The fourth-order valence-corrected chi connectivity index (χ4v) is 3.90. The van der Waals surface area contributed by atoms with Gasteiger partial charge in [0, 0.05) is 30.1 Å². The summed E-state index contributed by atoms with van der Waals surface area (Å²) in [6, 6.07) is 7.01. The Bertz CT molecular complexity index is 564. The topological polar surface area (TPSA) is 23.6 Å². The summed E-state index contributed by atoms with van der Waals surface area (Å²) in [5.41, 5.74) is 3.89. The van der Waals surface area contributed by atoms with Crippen LogP contribution in [0.5, 0.6) is 0 Å². The molecule has 0 radical (unpaired) electrons. The predicted molar refractivity (Wildman–Crippen MR) is 80.0 cm³/mol. The molecule has 2 fully saturated rings. The van der Waals surface area contributed by atoms with Crippen molar-refractivity contribution in [3.8, 4) is 0 Å². The van der Waals surface area contributed by atoms with E-state index in [1.54, 1.807) is 0 Å². The third-order valence-electron chi connectivity index (χ3n) is 5.12. The molecule has 3 nitrogen and oxygen atoms in total. The summed E-state index contributed by atoms with van der Waals surface area (Å²) in [6.07, 6.45) is 3.29. The van der Waals surface area contributed by atoms with E-state index in [0.717, 1.165) is 32.4 Å². The highest BCUT2D eigenvalue weighted by Gasteiger charge is 2.47. The Morgan fingerprint density at radius 3 is 2.80 bits per heavy atom. The van der Waals surface area contributed by atoms with Gasteiger partial charge in [0.15, 0.2) is 0 Å². The minimum atomic E-state index is 0.308. The average molecular weight is 270 g/mol. The molecular weight excluding hydrogens is 248 g/mol. The van der Waals surface area contributed by atoms with Gasteiger partial charge in [-0.15, -0.1) is 0 Å². The van der Waals surface area contributed by atoms with Gasteiger partial charge in [0.05, 0.1) is 0 Å². The summed E-state index contributed by atoms with van der Waals surface area (Å²) in [7, 11) is 2.19. The van der Waals surface area contributed by atoms with Crippen molar-refractivity contribution >= 4 is 11.6 Å². The van der Waals surface area contributed by atoms with Crippen molar-refractivity contribution in [2.45, 2.75) is 38.1 Å². The lowest BCUT2D eigenvalue weighted by molar-refractivity contribution is -0.120. The summed E-state index contributed by atoms with van der Waals surface area (Å²) in [5.74, 6) is 1.20. The number of carbonyl (C=O) groups excluding carboxylic acids is 1. The maximum absolute atomic E-state index is 12.7. The zero-order chi connectivity index (χ0) is 13.9. The van der Waals surface area contributed by atoms with Gasteiger partial charge in [-0.3, -0.25) is 4.79 Å². The molecule has 3 heteroatoms. The van der Waals surface area contributed by atoms with Crippen LogP contribution in [-0.4, -0.2) is 37.0 Å². The smallest absolute Gasteiger partial charge is 0.230 e. The predicted octanol–water partition coefficient (Wildman–Crippen LogP) is 2.54. The van der Waals surface area contributed by atoms with Crippen LogP contribution in [0.2, 0.25) is 0 Å². The second-order valence-electron chi connectivity index (χ2n) is 6.77. The van der Waals surface area contributed by atoms with Crippen molar-refractivity contribution in [1.82, 2.24) is 4.90 Å². The molecule has 1 saturated heterocycles. The SMILES string of the molecule is Cc1ccc2c(c1)[C@H]1CN(C)CC[C@@H]1N2C(=O)C1CC1. The molecule has 0 unspecified atom stereocenters. The molecule has 0 spiro atoms. The first-order valence-electron chi connectivity index (χ1n) is 7.77. The molecule has 2 aliphatic heterocycles. The molecule has 4 rings (SSSR count). The van der Waals surface area contributed by atoms with Crippen LogP contribution < -0.4 is 4.90 Å². The number of likely N-dealkylation sites (N-methyl/N-ethyl adjacent to an activating group) is 1. The monoisotopic (exact) mass is 270 g/mol. The zero-order valence-corrected chi connectivity index (χ0v) is 12.3. The van der Waals surface area contributed by atoms with Gasteiger partial charge in [0.2, 0.25) is 5.91 Å².